The number of carboxylic acid groups (broad SMARTS) is 1. The minimum atomic E-state index is -0.547. The molecule has 0 radical (unpaired) electrons. The predicted octanol–water partition coefficient (Wildman–Crippen LogP) is 7.30. The first-order chi connectivity index (χ1) is 15.3. The zero-order valence-electron chi connectivity index (χ0n) is 21.9. The molecule has 5 unspecified atom stereocenters. The lowest BCUT2D eigenvalue weighted by Crippen LogP contribution is -2.66. The van der Waals surface area contributed by atoms with E-state index in [0.717, 1.165) is 51.4 Å². The van der Waals surface area contributed by atoms with Crippen molar-refractivity contribution in [3.8, 4) is 0 Å². The number of carboxylic acids is 1. The summed E-state index contributed by atoms with van der Waals surface area (Å²) in [5.41, 5.74) is 1.03. The van der Waals surface area contributed by atoms with E-state index >= 15 is 0 Å². The number of Topliss-reactive ketones (excluding diaryl/α,β-unsaturated/α-hetero) is 1. The molecular weight excluding hydrogens is 408 g/mol. The third kappa shape index (κ3) is 2.69. The molecule has 5 saturated carbocycles. The second-order valence-corrected chi connectivity index (χ2v) is 14.3. The lowest BCUT2D eigenvalue weighted by atomic mass is 9.32. The standard InChI is InChI=1S/C30H46O3/c1-18(2)19-10-15-30(25(32)33)17-16-28(6)20(24(19)30)8-9-22-27(5)13-12-23(31)26(3,4)21(27)11-14-29(22,28)7/h19-22,24H,1,8-17H2,2-7H3,(H,32,33)/t19-,20?,21?,22?,24?,27-,28?,29+,30-/m0/s1. The number of fused-ring (bicyclic) bond motifs is 7. The molecule has 5 fully saturated rings. The van der Waals surface area contributed by atoms with Crippen LogP contribution in [0.15, 0.2) is 12.2 Å². The van der Waals surface area contributed by atoms with Crippen molar-refractivity contribution in [3.05, 3.63) is 12.2 Å². The molecule has 5 aliphatic carbocycles. The highest BCUT2D eigenvalue weighted by Crippen LogP contribution is 2.77. The van der Waals surface area contributed by atoms with Crippen molar-refractivity contribution in [2.24, 2.45) is 56.7 Å². The van der Waals surface area contributed by atoms with Gasteiger partial charge in [-0.25, -0.2) is 0 Å². The van der Waals surface area contributed by atoms with Crippen LogP contribution in [0.4, 0.5) is 0 Å². The molecule has 0 heterocycles. The molecule has 1 N–H and O–H groups in total. The van der Waals surface area contributed by atoms with Crippen LogP contribution in [0.2, 0.25) is 0 Å². The van der Waals surface area contributed by atoms with E-state index in [1.807, 2.05) is 0 Å². The van der Waals surface area contributed by atoms with E-state index in [1.54, 1.807) is 0 Å². The fourth-order valence-corrected chi connectivity index (χ4v) is 11.3. The largest absolute Gasteiger partial charge is 0.481 e. The van der Waals surface area contributed by atoms with Gasteiger partial charge in [0.1, 0.15) is 5.78 Å². The van der Waals surface area contributed by atoms with Crippen molar-refractivity contribution in [3.63, 3.8) is 0 Å². The van der Waals surface area contributed by atoms with E-state index in [9.17, 15) is 14.7 Å². The Balaban J connectivity index is 1.57. The summed E-state index contributed by atoms with van der Waals surface area (Å²) in [6.45, 7) is 18.5. The summed E-state index contributed by atoms with van der Waals surface area (Å²) >= 11 is 0. The lowest BCUT2D eigenvalue weighted by molar-refractivity contribution is -0.235. The highest BCUT2D eigenvalue weighted by Gasteiger charge is 2.72. The maximum absolute atomic E-state index is 12.9. The third-order valence-corrected chi connectivity index (χ3v) is 13.2. The van der Waals surface area contributed by atoms with E-state index in [4.69, 9.17) is 0 Å². The van der Waals surface area contributed by atoms with Gasteiger partial charge in [0.2, 0.25) is 0 Å². The van der Waals surface area contributed by atoms with Gasteiger partial charge in [0.25, 0.3) is 0 Å². The van der Waals surface area contributed by atoms with Crippen LogP contribution in [0.3, 0.4) is 0 Å². The van der Waals surface area contributed by atoms with Crippen molar-refractivity contribution in [1.82, 2.24) is 0 Å². The molecule has 0 aromatic carbocycles. The van der Waals surface area contributed by atoms with Gasteiger partial charge in [0.05, 0.1) is 5.41 Å². The molecule has 5 rings (SSSR count). The summed E-state index contributed by atoms with van der Waals surface area (Å²) in [6, 6.07) is 0. The van der Waals surface area contributed by atoms with Gasteiger partial charge < -0.3 is 5.11 Å². The van der Waals surface area contributed by atoms with Gasteiger partial charge in [-0.1, -0.05) is 46.8 Å². The molecular formula is C30H46O3. The highest BCUT2D eigenvalue weighted by molar-refractivity contribution is 5.85. The number of allylic oxidation sites excluding steroid dienone is 1. The molecule has 0 spiro atoms. The van der Waals surface area contributed by atoms with Crippen molar-refractivity contribution in [2.75, 3.05) is 0 Å². The first-order valence-electron chi connectivity index (χ1n) is 13.7. The maximum Gasteiger partial charge on any atom is 0.309 e. The van der Waals surface area contributed by atoms with Gasteiger partial charge in [-0.05, 0) is 111 Å². The minimum Gasteiger partial charge on any atom is -0.481 e. The van der Waals surface area contributed by atoms with Crippen LogP contribution in [0, 0.1) is 56.7 Å². The van der Waals surface area contributed by atoms with E-state index in [-0.39, 0.29) is 27.6 Å². The molecule has 5 aliphatic rings. The summed E-state index contributed by atoms with van der Waals surface area (Å²) < 4.78 is 0. The highest BCUT2D eigenvalue weighted by atomic mass is 16.4. The molecule has 0 amide bonds. The van der Waals surface area contributed by atoms with Crippen molar-refractivity contribution in [1.29, 1.82) is 0 Å². The number of ketones is 1. The molecule has 3 nitrogen and oxygen atoms in total. The Hall–Kier alpha value is -1.12. The smallest absolute Gasteiger partial charge is 0.309 e. The van der Waals surface area contributed by atoms with Gasteiger partial charge in [0.15, 0.2) is 0 Å². The van der Waals surface area contributed by atoms with E-state index in [0.29, 0.717) is 29.5 Å². The summed E-state index contributed by atoms with van der Waals surface area (Å²) in [5, 5.41) is 10.5. The second-order valence-electron chi connectivity index (χ2n) is 14.3. The van der Waals surface area contributed by atoms with Crippen LogP contribution in [0.1, 0.15) is 106 Å². The van der Waals surface area contributed by atoms with Crippen LogP contribution in [-0.4, -0.2) is 16.9 Å². The van der Waals surface area contributed by atoms with E-state index in [1.165, 1.54) is 18.4 Å². The quantitative estimate of drug-likeness (QED) is 0.445. The van der Waals surface area contributed by atoms with E-state index in [2.05, 4.69) is 48.1 Å². The van der Waals surface area contributed by atoms with Crippen LogP contribution < -0.4 is 0 Å². The van der Waals surface area contributed by atoms with Gasteiger partial charge in [-0.2, -0.15) is 0 Å². The van der Waals surface area contributed by atoms with Crippen molar-refractivity contribution in [2.45, 2.75) is 106 Å². The van der Waals surface area contributed by atoms with Gasteiger partial charge in [-0.15, -0.1) is 0 Å². The first-order valence-corrected chi connectivity index (χ1v) is 13.7. The summed E-state index contributed by atoms with van der Waals surface area (Å²) in [6.07, 6.45) is 10.1. The predicted molar refractivity (Wildman–Crippen MR) is 132 cm³/mol. The molecule has 0 aromatic heterocycles. The average molecular weight is 455 g/mol. The molecule has 33 heavy (non-hydrogen) atoms. The van der Waals surface area contributed by atoms with Gasteiger partial charge in [0, 0.05) is 11.8 Å². The Morgan fingerprint density at radius 2 is 1.58 bits per heavy atom. The Labute approximate surface area is 201 Å². The SMILES string of the molecule is C=C(C)[C@@H]1CC[C@]2(C(=O)O)CCC3(C)C(CCC4[C@@]5(C)CCC(=O)C(C)(C)C5CC[C@]43C)C12. The fraction of sp³-hybridized carbons (Fsp3) is 0.867. The molecule has 184 valence electrons. The topological polar surface area (TPSA) is 54.4 Å². The number of carbonyl (C=O) groups is 2. The van der Waals surface area contributed by atoms with Crippen LogP contribution in [-0.2, 0) is 9.59 Å². The average Bonchev–Trinajstić information content (AvgIpc) is 3.13. The number of aliphatic carboxylic acids is 1. The molecule has 9 atom stereocenters. The van der Waals surface area contributed by atoms with Gasteiger partial charge in [-0.3, -0.25) is 9.59 Å². The molecule has 0 bridgehead atoms. The van der Waals surface area contributed by atoms with Crippen LogP contribution >= 0.6 is 0 Å². The maximum atomic E-state index is 12.9. The van der Waals surface area contributed by atoms with Crippen LogP contribution in [0.25, 0.3) is 0 Å². The summed E-state index contributed by atoms with van der Waals surface area (Å²) in [5.74, 6) is 2.07. The van der Waals surface area contributed by atoms with E-state index < -0.39 is 11.4 Å². The zero-order valence-corrected chi connectivity index (χ0v) is 21.9. The van der Waals surface area contributed by atoms with Gasteiger partial charge >= 0.3 is 5.97 Å². The van der Waals surface area contributed by atoms with Crippen molar-refractivity contribution >= 4 is 11.8 Å². The Kier molecular flexibility index (Phi) is 4.99. The second kappa shape index (κ2) is 6.97. The Bertz CT molecular complexity index is 902. The van der Waals surface area contributed by atoms with Crippen LogP contribution in [0.5, 0.6) is 0 Å². The summed E-state index contributed by atoms with van der Waals surface area (Å²) in [7, 11) is 0. The number of hydrogen-bond acceptors (Lipinski definition) is 2. The minimum absolute atomic E-state index is 0.164. The third-order valence-electron chi connectivity index (χ3n) is 13.2. The van der Waals surface area contributed by atoms with Crippen molar-refractivity contribution < 1.29 is 14.7 Å². The fourth-order valence-electron chi connectivity index (χ4n) is 11.3. The first kappa shape index (κ1) is 23.6. The lowest BCUT2D eigenvalue weighted by Gasteiger charge is -2.72. The molecule has 0 aliphatic heterocycles. The monoisotopic (exact) mass is 454 g/mol. The number of carbonyl (C=O) groups excluding carboxylic acids is 1. The molecule has 0 aromatic rings. The molecule has 3 heteroatoms. The zero-order chi connectivity index (χ0) is 24.2. The normalized spacial score (nSPS) is 52.8. The number of rotatable bonds is 2. The molecule has 0 saturated heterocycles. The Morgan fingerprint density at radius 3 is 2.21 bits per heavy atom. The summed E-state index contributed by atoms with van der Waals surface area (Å²) in [4.78, 5) is 25.7. The number of hydrogen-bond donors (Lipinski definition) is 1. The Morgan fingerprint density at radius 1 is 0.879 bits per heavy atom.